The third-order valence-electron chi connectivity index (χ3n) is 7.07. The Balaban J connectivity index is 1.23. The SMILES string of the molecule is Nc1nc2c(nnn2[C@@H]2O[C@H](CCO)[C@@H](F)[C@H]2OP(O)(=S)OC[C@H]2O[C@@H](n3cnc4c(N)ncnc43)[C@@H](F)[C@@H]2O[P+](=O)S)c(=O)[nH]1. The van der Waals surface area contributed by atoms with Crippen molar-refractivity contribution in [1.82, 2.24) is 44.5 Å². The standard InChI is InChI=1S/C20H23F2N11O9P2S2/c21-8-6(1-2-34)39-19(33-16-11(30-31-33)17(35)29-20(24)28-16)13(8)42-44(37,46)38-3-7-12(41-43(36)45)9(22)18(40-7)32-5-27-10-14(23)25-4-26-15(10)32/h4-9,12-13,18-19,34H,1-3H2,(H6-,23,24,25,26,28,29,31,35,36,37,45,46)/p+1/t6-,7-,8-,9+,12-,13-,18-,19-,44?/m1/s1. The smallest absolute Gasteiger partial charge is 0.396 e. The molecular weight excluding hydrogens is 702 g/mol. The molecule has 0 amide bonds. The Morgan fingerprint density at radius 1 is 1.13 bits per heavy atom. The molecule has 2 aliphatic rings. The van der Waals surface area contributed by atoms with Gasteiger partial charge < -0.3 is 35.5 Å². The van der Waals surface area contributed by atoms with Gasteiger partial charge in [0.25, 0.3) is 5.56 Å². The molecular formula is C20H24F2N11O9P2S2+. The van der Waals surface area contributed by atoms with Gasteiger partial charge in [0.15, 0.2) is 53.5 Å². The van der Waals surface area contributed by atoms with Gasteiger partial charge in [0.05, 0.1) is 19.0 Å². The van der Waals surface area contributed by atoms with Gasteiger partial charge in [-0.15, -0.1) is 9.62 Å². The van der Waals surface area contributed by atoms with Crippen LogP contribution in [0.25, 0.3) is 22.3 Å². The zero-order valence-corrected chi connectivity index (χ0v) is 26.4. The third-order valence-corrected chi connectivity index (χ3v) is 9.34. The molecule has 248 valence electrons. The maximum atomic E-state index is 15.7. The minimum absolute atomic E-state index is 0.0351. The molecule has 10 atom stereocenters. The van der Waals surface area contributed by atoms with Crippen molar-refractivity contribution in [1.29, 1.82) is 0 Å². The average Bonchev–Trinajstić information content (AvgIpc) is 3.74. The number of nitrogens with one attached hydrogen (secondary N) is 1. The average molecular weight is 727 g/mol. The van der Waals surface area contributed by atoms with Crippen molar-refractivity contribution in [3.05, 3.63) is 23.0 Å². The van der Waals surface area contributed by atoms with E-state index < -0.39 is 81.9 Å². The summed E-state index contributed by atoms with van der Waals surface area (Å²) in [5.41, 5.74) is 10.6. The summed E-state index contributed by atoms with van der Waals surface area (Å²) < 4.78 is 73.0. The predicted molar refractivity (Wildman–Crippen MR) is 158 cm³/mol. The molecule has 0 spiro atoms. The molecule has 7 N–H and O–H groups in total. The largest absolute Gasteiger partial charge is 0.582 e. The van der Waals surface area contributed by atoms with E-state index in [2.05, 4.69) is 47.5 Å². The van der Waals surface area contributed by atoms with E-state index in [1.807, 2.05) is 0 Å². The number of aliphatic hydroxyl groups is 1. The lowest BCUT2D eigenvalue weighted by Crippen LogP contribution is -2.34. The van der Waals surface area contributed by atoms with Gasteiger partial charge in [-0.2, -0.15) is 9.67 Å². The number of alkyl halides is 2. The number of halogens is 2. The van der Waals surface area contributed by atoms with E-state index in [4.69, 9.17) is 46.3 Å². The van der Waals surface area contributed by atoms with Gasteiger partial charge in [-0.3, -0.25) is 18.9 Å². The lowest BCUT2D eigenvalue weighted by molar-refractivity contribution is -0.0537. The zero-order chi connectivity index (χ0) is 32.9. The second-order valence-electron chi connectivity index (χ2n) is 9.91. The van der Waals surface area contributed by atoms with Gasteiger partial charge in [0.1, 0.15) is 36.3 Å². The Bertz CT molecular complexity index is 1890. The molecule has 26 heteroatoms. The summed E-state index contributed by atoms with van der Waals surface area (Å²) in [6.45, 7) is -5.59. The van der Waals surface area contributed by atoms with Gasteiger partial charge in [-0.25, -0.2) is 23.7 Å². The van der Waals surface area contributed by atoms with Crippen molar-refractivity contribution in [2.45, 2.75) is 55.6 Å². The van der Waals surface area contributed by atoms with Crippen LogP contribution in [-0.2, 0) is 39.4 Å². The predicted octanol–water partition coefficient (Wildman–Crippen LogP) is -0.0367. The van der Waals surface area contributed by atoms with E-state index in [0.29, 0.717) is 0 Å². The molecule has 0 bridgehead atoms. The lowest BCUT2D eigenvalue weighted by atomic mass is 10.1. The van der Waals surface area contributed by atoms with Crippen LogP contribution in [-0.4, -0.2) is 104 Å². The number of hydrogen-bond acceptors (Lipinski definition) is 17. The highest BCUT2D eigenvalue weighted by Gasteiger charge is 2.53. The van der Waals surface area contributed by atoms with E-state index in [1.165, 1.54) is 10.9 Å². The number of aromatic amines is 1. The molecule has 0 aliphatic carbocycles. The minimum Gasteiger partial charge on any atom is -0.396 e. The summed E-state index contributed by atoms with van der Waals surface area (Å²) in [6.07, 6.45) is -10.7. The highest BCUT2D eigenvalue weighted by atomic mass is 32.7. The van der Waals surface area contributed by atoms with Crippen LogP contribution in [0.15, 0.2) is 17.4 Å². The fraction of sp³-hybridized carbons (Fsp3) is 0.550. The summed E-state index contributed by atoms with van der Waals surface area (Å²) in [4.78, 5) is 41.4. The number of fused-ring (bicyclic) bond motifs is 2. The number of nitrogens with two attached hydrogens (primary N) is 2. The van der Waals surface area contributed by atoms with Gasteiger partial charge in [0, 0.05) is 6.61 Å². The van der Waals surface area contributed by atoms with E-state index in [0.717, 1.165) is 11.0 Å². The van der Waals surface area contributed by atoms with Gasteiger partial charge in [-0.1, -0.05) is 5.21 Å². The van der Waals surface area contributed by atoms with Crippen LogP contribution < -0.4 is 17.0 Å². The summed E-state index contributed by atoms with van der Waals surface area (Å²) in [5.74, 6) is -0.260. The fourth-order valence-electron chi connectivity index (χ4n) is 5.08. The minimum atomic E-state index is -4.43. The van der Waals surface area contributed by atoms with Crippen molar-refractivity contribution in [2.75, 3.05) is 24.7 Å². The number of thiol groups is 1. The molecule has 0 saturated carbocycles. The van der Waals surface area contributed by atoms with E-state index in [9.17, 15) is 19.4 Å². The molecule has 2 aliphatic heterocycles. The van der Waals surface area contributed by atoms with Crippen molar-refractivity contribution in [3.63, 3.8) is 0 Å². The quantitative estimate of drug-likeness (QED) is 0.0874. The van der Waals surface area contributed by atoms with Crippen LogP contribution in [0.1, 0.15) is 18.9 Å². The number of nitrogen functional groups attached to an aromatic ring is 2. The first-order valence-corrected chi connectivity index (χ1v) is 18.0. The van der Waals surface area contributed by atoms with Crippen LogP contribution in [0.2, 0.25) is 0 Å². The second-order valence-corrected chi connectivity index (χ2v) is 14.4. The molecule has 6 rings (SSSR count). The van der Waals surface area contributed by atoms with Gasteiger partial charge >= 0.3 is 13.9 Å². The number of aliphatic hydroxyl groups excluding tert-OH is 1. The second kappa shape index (κ2) is 13.0. The first-order valence-electron chi connectivity index (χ1n) is 13.1. The highest BCUT2D eigenvalue weighted by Crippen LogP contribution is 2.51. The molecule has 20 nitrogen and oxygen atoms in total. The molecule has 0 aromatic carbocycles. The van der Waals surface area contributed by atoms with E-state index in [-0.39, 0.29) is 40.5 Å². The molecule has 6 heterocycles. The third kappa shape index (κ3) is 6.22. The summed E-state index contributed by atoms with van der Waals surface area (Å²) in [6, 6.07) is 0. The van der Waals surface area contributed by atoms with Gasteiger partial charge in [0.2, 0.25) is 5.95 Å². The number of imidazole rings is 1. The maximum Gasteiger partial charge on any atom is 0.582 e. The number of nitrogens with zero attached hydrogens (tertiary/aromatic N) is 8. The summed E-state index contributed by atoms with van der Waals surface area (Å²) >= 11 is 8.84. The Morgan fingerprint density at radius 2 is 1.89 bits per heavy atom. The van der Waals surface area contributed by atoms with E-state index >= 15 is 8.78 Å². The zero-order valence-electron chi connectivity index (χ0n) is 22.9. The number of ether oxygens (including phenoxy) is 2. The van der Waals surface area contributed by atoms with Crippen LogP contribution in [0.4, 0.5) is 20.5 Å². The molecule has 4 aromatic heterocycles. The number of hydrogen-bond donors (Lipinski definition) is 6. The number of aromatic nitrogens is 9. The topological polar surface area (TPSA) is 276 Å². The Labute approximate surface area is 266 Å². The number of anilines is 2. The molecule has 4 aromatic rings. The lowest BCUT2D eigenvalue weighted by Gasteiger charge is -2.25. The maximum absolute atomic E-state index is 15.7. The monoisotopic (exact) mass is 726 g/mol. The Kier molecular flexibility index (Phi) is 9.30. The normalized spacial score (nSPS) is 29.9. The van der Waals surface area contributed by atoms with Crippen molar-refractivity contribution >= 4 is 72.1 Å². The van der Waals surface area contributed by atoms with E-state index in [1.54, 1.807) is 0 Å². The highest BCUT2D eigenvalue weighted by molar-refractivity contribution is 8.39. The fourth-order valence-corrected chi connectivity index (χ4v) is 7.27. The number of H-pyrrole nitrogens is 1. The van der Waals surface area contributed by atoms with Crippen LogP contribution in [0.5, 0.6) is 0 Å². The van der Waals surface area contributed by atoms with Crippen LogP contribution in [0, 0.1) is 0 Å². The van der Waals surface area contributed by atoms with Crippen molar-refractivity contribution in [3.8, 4) is 0 Å². The molecule has 0 radical (unpaired) electrons. The van der Waals surface area contributed by atoms with Crippen LogP contribution >= 0.6 is 26.2 Å². The summed E-state index contributed by atoms with van der Waals surface area (Å²) in [7, 11) is -2.65. The molecule has 2 fully saturated rings. The first-order chi connectivity index (χ1) is 21.9. The number of rotatable bonds is 11. The molecule has 46 heavy (non-hydrogen) atoms. The molecule has 2 unspecified atom stereocenters. The van der Waals surface area contributed by atoms with Crippen molar-refractivity contribution in [2.24, 2.45) is 0 Å². The Morgan fingerprint density at radius 3 is 2.63 bits per heavy atom. The van der Waals surface area contributed by atoms with Crippen molar-refractivity contribution < 1.29 is 46.4 Å². The van der Waals surface area contributed by atoms with Crippen LogP contribution in [0.3, 0.4) is 0 Å². The molecule has 2 saturated heterocycles. The first kappa shape index (κ1) is 33.0. The summed E-state index contributed by atoms with van der Waals surface area (Å²) in [5, 5.41) is 17.0. The van der Waals surface area contributed by atoms with Gasteiger partial charge in [-0.05, 0) is 22.8 Å². The Hall–Kier alpha value is -2.89.